The number of hydrogen-bond donors (Lipinski definition) is 0. The topological polar surface area (TPSA) is 69.9 Å². The van der Waals surface area contributed by atoms with Crippen LogP contribution < -0.4 is 0 Å². The highest BCUT2D eigenvalue weighted by atomic mass is 16.5. The summed E-state index contributed by atoms with van der Waals surface area (Å²) in [7, 11) is 0. The lowest BCUT2D eigenvalue weighted by Crippen LogP contribution is -2.50. The molecule has 4 fully saturated rings. The first-order valence-electron chi connectivity index (χ1n) is 8.61. The first-order valence-corrected chi connectivity index (χ1v) is 8.61. The van der Waals surface area contributed by atoms with Crippen LogP contribution in [0.15, 0.2) is 0 Å². The Labute approximate surface area is 130 Å². The molecule has 5 rings (SSSR count). The van der Waals surface area contributed by atoms with Crippen LogP contribution in [0.1, 0.15) is 57.7 Å². The minimum atomic E-state index is -0.197. The lowest BCUT2D eigenvalue weighted by Gasteiger charge is -2.55. The van der Waals surface area contributed by atoms with E-state index in [4.69, 9.17) is 4.74 Å². The zero-order valence-electron chi connectivity index (χ0n) is 13.2. The molecule has 1 aromatic heterocycles. The molecule has 6 nitrogen and oxygen atoms in total. The summed E-state index contributed by atoms with van der Waals surface area (Å²) in [6, 6.07) is 0. The van der Waals surface area contributed by atoms with Crippen LogP contribution in [0, 0.1) is 23.2 Å². The Morgan fingerprint density at radius 1 is 1.23 bits per heavy atom. The average Bonchev–Trinajstić information content (AvgIpc) is 2.91. The van der Waals surface area contributed by atoms with E-state index in [2.05, 4.69) is 22.4 Å². The van der Waals surface area contributed by atoms with E-state index in [0.29, 0.717) is 5.82 Å². The third kappa shape index (κ3) is 2.32. The number of ether oxygens (including phenoxy) is 1. The van der Waals surface area contributed by atoms with Gasteiger partial charge in [0.15, 0.2) is 12.4 Å². The molecule has 1 aromatic rings. The van der Waals surface area contributed by atoms with Crippen molar-refractivity contribution in [1.82, 2.24) is 20.2 Å². The number of aromatic nitrogens is 4. The summed E-state index contributed by atoms with van der Waals surface area (Å²) in [5.74, 6) is 2.91. The van der Waals surface area contributed by atoms with E-state index in [-0.39, 0.29) is 18.0 Å². The quantitative estimate of drug-likeness (QED) is 0.781. The number of carbonyl (C=O) groups excluding carboxylic acids is 1. The van der Waals surface area contributed by atoms with Crippen LogP contribution >= 0.6 is 0 Å². The maximum atomic E-state index is 12.8. The van der Waals surface area contributed by atoms with Crippen LogP contribution in [0.2, 0.25) is 0 Å². The zero-order chi connectivity index (χ0) is 15.2. The predicted molar refractivity (Wildman–Crippen MR) is 78.5 cm³/mol. The maximum Gasteiger partial charge on any atom is 0.312 e. The van der Waals surface area contributed by atoms with Crippen molar-refractivity contribution in [3.05, 3.63) is 5.82 Å². The van der Waals surface area contributed by atoms with Gasteiger partial charge in [-0.1, -0.05) is 6.92 Å². The molecule has 4 aliphatic rings. The SMILES string of the molecule is CCCn1nnnc1COC(=O)C12CC3CC(CC(C3)C1)C2. The van der Waals surface area contributed by atoms with Gasteiger partial charge in [0.2, 0.25) is 0 Å². The second kappa shape index (κ2) is 5.32. The van der Waals surface area contributed by atoms with Gasteiger partial charge in [-0.15, -0.1) is 5.10 Å². The van der Waals surface area contributed by atoms with Crippen molar-refractivity contribution in [2.75, 3.05) is 0 Å². The Kier molecular flexibility index (Phi) is 3.42. The Morgan fingerprint density at radius 2 is 1.86 bits per heavy atom. The highest BCUT2D eigenvalue weighted by Crippen LogP contribution is 2.60. The van der Waals surface area contributed by atoms with Gasteiger partial charge in [-0.2, -0.15) is 0 Å². The standard InChI is InChI=1S/C16H24N4O2/c1-2-3-20-14(17-18-19-20)10-22-15(21)16-7-11-4-12(8-16)6-13(5-11)9-16/h11-13H,2-10H2,1H3. The van der Waals surface area contributed by atoms with E-state index >= 15 is 0 Å². The summed E-state index contributed by atoms with van der Waals surface area (Å²) in [6.07, 6.45) is 8.08. The number of hydrogen-bond acceptors (Lipinski definition) is 5. The van der Waals surface area contributed by atoms with Crippen LogP contribution in [-0.2, 0) is 22.7 Å². The normalized spacial score (nSPS) is 35.8. The Hall–Kier alpha value is -1.46. The summed E-state index contributed by atoms with van der Waals surface area (Å²) >= 11 is 0. The fourth-order valence-electron chi connectivity index (χ4n) is 5.36. The first-order chi connectivity index (χ1) is 10.7. The summed E-state index contributed by atoms with van der Waals surface area (Å²) in [5.41, 5.74) is -0.197. The number of nitrogens with zero attached hydrogens (tertiary/aromatic N) is 4. The van der Waals surface area contributed by atoms with E-state index in [0.717, 1.165) is 50.0 Å². The molecular weight excluding hydrogens is 280 g/mol. The molecule has 0 atom stereocenters. The minimum absolute atomic E-state index is 0.00218. The average molecular weight is 304 g/mol. The molecule has 0 saturated heterocycles. The summed E-state index contributed by atoms with van der Waals surface area (Å²) in [5, 5.41) is 11.6. The van der Waals surface area contributed by atoms with Gasteiger partial charge in [-0.05, 0) is 73.1 Å². The van der Waals surface area contributed by atoms with Gasteiger partial charge < -0.3 is 4.74 Å². The molecule has 0 radical (unpaired) electrons. The third-order valence-electron chi connectivity index (χ3n) is 5.85. The highest BCUT2D eigenvalue weighted by molar-refractivity contribution is 5.77. The van der Waals surface area contributed by atoms with Gasteiger partial charge >= 0.3 is 5.97 Å². The molecule has 0 N–H and O–H groups in total. The van der Waals surface area contributed by atoms with Crippen molar-refractivity contribution in [2.24, 2.45) is 23.2 Å². The fourth-order valence-corrected chi connectivity index (χ4v) is 5.36. The van der Waals surface area contributed by atoms with E-state index < -0.39 is 0 Å². The van der Waals surface area contributed by atoms with Crippen molar-refractivity contribution in [3.8, 4) is 0 Å². The maximum absolute atomic E-state index is 12.8. The Morgan fingerprint density at radius 3 is 2.45 bits per heavy atom. The highest BCUT2D eigenvalue weighted by Gasteiger charge is 2.55. The number of rotatable bonds is 5. The van der Waals surface area contributed by atoms with Crippen LogP contribution in [-0.4, -0.2) is 26.2 Å². The fraction of sp³-hybridized carbons (Fsp3) is 0.875. The lowest BCUT2D eigenvalue weighted by molar-refractivity contribution is -0.173. The largest absolute Gasteiger partial charge is 0.457 e. The summed E-state index contributed by atoms with van der Waals surface area (Å²) in [4.78, 5) is 12.8. The molecule has 6 heteroatoms. The van der Waals surface area contributed by atoms with E-state index in [1.807, 2.05) is 0 Å². The number of tetrazole rings is 1. The van der Waals surface area contributed by atoms with Crippen LogP contribution in [0.25, 0.3) is 0 Å². The number of carbonyl (C=O) groups is 1. The van der Waals surface area contributed by atoms with Gasteiger partial charge in [0.05, 0.1) is 5.41 Å². The molecular formula is C16H24N4O2. The van der Waals surface area contributed by atoms with E-state index in [1.165, 1.54) is 19.3 Å². The van der Waals surface area contributed by atoms with Gasteiger partial charge in [-0.3, -0.25) is 4.79 Å². The number of esters is 1. The molecule has 0 aliphatic heterocycles. The van der Waals surface area contributed by atoms with Crippen molar-refractivity contribution >= 4 is 5.97 Å². The van der Waals surface area contributed by atoms with Gasteiger partial charge in [-0.25, -0.2) is 4.68 Å². The van der Waals surface area contributed by atoms with Crippen molar-refractivity contribution in [2.45, 2.75) is 65.0 Å². The first kappa shape index (κ1) is 14.2. The predicted octanol–water partition coefficient (Wildman–Crippen LogP) is 2.34. The molecule has 0 amide bonds. The van der Waals surface area contributed by atoms with Gasteiger partial charge in [0, 0.05) is 6.54 Å². The molecule has 120 valence electrons. The van der Waals surface area contributed by atoms with Crippen LogP contribution in [0.3, 0.4) is 0 Å². The molecule has 4 aliphatic carbocycles. The molecule has 0 aromatic carbocycles. The van der Waals surface area contributed by atoms with Crippen LogP contribution in [0.4, 0.5) is 0 Å². The third-order valence-corrected chi connectivity index (χ3v) is 5.85. The van der Waals surface area contributed by atoms with Crippen molar-refractivity contribution in [1.29, 1.82) is 0 Å². The molecule has 0 unspecified atom stereocenters. The molecule has 4 saturated carbocycles. The zero-order valence-corrected chi connectivity index (χ0v) is 13.2. The Bertz CT molecular complexity index is 533. The van der Waals surface area contributed by atoms with Gasteiger partial charge in [0.25, 0.3) is 0 Å². The molecule has 0 spiro atoms. The van der Waals surface area contributed by atoms with Crippen LogP contribution in [0.5, 0.6) is 0 Å². The second-order valence-corrected chi connectivity index (χ2v) is 7.59. The van der Waals surface area contributed by atoms with Crippen molar-refractivity contribution < 1.29 is 9.53 Å². The lowest BCUT2D eigenvalue weighted by atomic mass is 9.49. The van der Waals surface area contributed by atoms with Crippen molar-refractivity contribution in [3.63, 3.8) is 0 Å². The van der Waals surface area contributed by atoms with E-state index in [9.17, 15) is 4.79 Å². The summed E-state index contributed by atoms with van der Waals surface area (Å²) in [6.45, 7) is 3.04. The molecule has 4 bridgehead atoms. The summed E-state index contributed by atoms with van der Waals surface area (Å²) < 4.78 is 7.39. The second-order valence-electron chi connectivity index (χ2n) is 7.59. The Balaban J connectivity index is 1.43. The monoisotopic (exact) mass is 304 g/mol. The smallest absolute Gasteiger partial charge is 0.312 e. The molecule has 22 heavy (non-hydrogen) atoms. The van der Waals surface area contributed by atoms with Gasteiger partial charge in [0.1, 0.15) is 0 Å². The molecule has 1 heterocycles. The van der Waals surface area contributed by atoms with E-state index in [1.54, 1.807) is 4.68 Å². The minimum Gasteiger partial charge on any atom is -0.457 e. The number of aryl methyl sites for hydroxylation is 1.